The maximum atomic E-state index is 11.2. The molecule has 1 aliphatic heterocycles. The molecule has 2 N–H and O–H groups in total. The van der Waals surface area contributed by atoms with Crippen LogP contribution in [0.25, 0.3) is 11.1 Å². The van der Waals surface area contributed by atoms with Gasteiger partial charge in [-0.2, -0.15) is 0 Å². The SMILES string of the molecule is O=C(O)c1ccc([C@H]2Nc3c(-c4ccccc4)cccc3[C@H]3C=CC[C@@H]32)cc1. The average molecular weight is 367 g/mol. The summed E-state index contributed by atoms with van der Waals surface area (Å²) < 4.78 is 0. The first-order chi connectivity index (χ1) is 13.7. The number of allylic oxidation sites excluding steroid dienone is 2. The van der Waals surface area contributed by atoms with Gasteiger partial charge in [0.05, 0.1) is 11.6 Å². The number of benzene rings is 3. The van der Waals surface area contributed by atoms with Gasteiger partial charge in [0.15, 0.2) is 0 Å². The minimum atomic E-state index is -0.889. The van der Waals surface area contributed by atoms with Crippen LogP contribution in [0.5, 0.6) is 0 Å². The minimum absolute atomic E-state index is 0.153. The molecule has 0 saturated heterocycles. The summed E-state index contributed by atoms with van der Waals surface area (Å²) in [5, 5.41) is 13.0. The molecule has 1 heterocycles. The number of aromatic carboxylic acids is 1. The number of hydrogen-bond donors (Lipinski definition) is 2. The summed E-state index contributed by atoms with van der Waals surface area (Å²) in [5.74, 6) is -0.0708. The van der Waals surface area contributed by atoms with Crippen molar-refractivity contribution in [1.29, 1.82) is 0 Å². The van der Waals surface area contributed by atoms with Crippen LogP contribution in [0.4, 0.5) is 5.69 Å². The molecule has 5 rings (SSSR count). The first-order valence-electron chi connectivity index (χ1n) is 9.67. The van der Waals surface area contributed by atoms with E-state index in [1.807, 2.05) is 18.2 Å². The van der Waals surface area contributed by atoms with Crippen LogP contribution in [0, 0.1) is 5.92 Å². The van der Waals surface area contributed by atoms with E-state index < -0.39 is 5.97 Å². The molecule has 3 aromatic rings. The molecular formula is C25H21NO2. The molecule has 3 heteroatoms. The number of nitrogens with one attached hydrogen (secondary N) is 1. The van der Waals surface area contributed by atoms with Gasteiger partial charge in [0.25, 0.3) is 0 Å². The monoisotopic (exact) mass is 367 g/mol. The predicted octanol–water partition coefficient (Wildman–Crippen LogP) is 5.88. The molecule has 0 amide bonds. The summed E-state index contributed by atoms with van der Waals surface area (Å²) >= 11 is 0. The van der Waals surface area contributed by atoms with Crippen LogP contribution in [0.15, 0.2) is 84.9 Å². The van der Waals surface area contributed by atoms with Gasteiger partial charge < -0.3 is 10.4 Å². The molecule has 1 aliphatic carbocycles. The van der Waals surface area contributed by atoms with E-state index in [0.717, 1.165) is 12.0 Å². The minimum Gasteiger partial charge on any atom is -0.478 e. The summed E-state index contributed by atoms with van der Waals surface area (Å²) in [6.07, 6.45) is 5.63. The molecule has 0 unspecified atom stereocenters. The standard InChI is InChI=1S/C25H21NO2/c27-25(28)18-14-12-17(13-15-18)23-21-10-5-9-20(21)22-11-4-8-19(24(22)26-23)16-6-2-1-3-7-16/h1-9,11-15,20-21,23,26H,10H2,(H,27,28)/t20-,21-,23+/m0/s1. The van der Waals surface area contributed by atoms with Crippen molar-refractivity contribution in [1.82, 2.24) is 0 Å². The number of rotatable bonds is 3. The first-order valence-corrected chi connectivity index (χ1v) is 9.67. The zero-order valence-electron chi connectivity index (χ0n) is 15.4. The lowest BCUT2D eigenvalue weighted by molar-refractivity contribution is 0.0697. The second kappa shape index (κ2) is 6.68. The largest absolute Gasteiger partial charge is 0.478 e. The van der Waals surface area contributed by atoms with Gasteiger partial charge in [0.1, 0.15) is 0 Å². The quantitative estimate of drug-likeness (QED) is 0.569. The van der Waals surface area contributed by atoms with Crippen LogP contribution in [-0.2, 0) is 0 Å². The zero-order valence-corrected chi connectivity index (χ0v) is 15.4. The van der Waals surface area contributed by atoms with Crippen molar-refractivity contribution in [2.45, 2.75) is 18.4 Å². The highest BCUT2D eigenvalue weighted by Gasteiger charge is 2.38. The van der Waals surface area contributed by atoms with E-state index in [1.54, 1.807) is 12.1 Å². The topological polar surface area (TPSA) is 49.3 Å². The smallest absolute Gasteiger partial charge is 0.335 e. The Hall–Kier alpha value is -3.33. The Labute approximate surface area is 164 Å². The Morgan fingerprint density at radius 3 is 2.46 bits per heavy atom. The highest BCUT2D eigenvalue weighted by molar-refractivity contribution is 5.87. The molecule has 0 bridgehead atoms. The van der Waals surface area contributed by atoms with Gasteiger partial charge in [0.2, 0.25) is 0 Å². The van der Waals surface area contributed by atoms with Crippen LogP contribution in [0.3, 0.4) is 0 Å². The fourth-order valence-corrected chi connectivity index (χ4v) is 4.64. The normalized spacial score (nSPS) is 22.2. The molecule has 0 fully saturated rings. The molecular weight excluding hydrogens is 346 g/mol. The maximum Gasteiger partial charge on any atom is 0.335 e. The molecule has 3 nitrogen and oxygen atoms in total. The number of carbonyl (C=O) groups is 1. The van der Waals surface area contributed by atoms with Gasteiger partial charge in [-0.25, -0.2) is 4.79 Å². The second-order valence-corrected chi connectivity index (χ2v) is 7.54. The number of para-hydroxylation sites is 1. The van der Waals surface area contributed by atoms with Crippen LogP contribution in [0.1, 0.15) is 39.9 Å². The molecule has 3 aromatic carbocycles. The Morgan fingerprint density at radius 1 is 0.929 bits per heavy atom. The third-order valence-electron chi connectivity index (χ3n) is 6.00. The predicted molar refractivity (Wildman–Crippen MR) is 112 cm³/mol. The third kappa shape index (κ3) is 2.71. The van der Waals surface area contributed by atoms with E-state index >= 15 is 0 Å². The summed E-state index contributed by atoms with van der Waals surface area (Å²) in [7, 11) is 0. The van der Waals surface area contributed by atoms with Gasteiger partial charge in [-0.15, -0.1) is 0 Å². The Balaban J connectivity index is 1.60. The van der Waals surface area contributed by atoms with Crippen molar-refractivity contribution < 1.29 is 9.90 Å². The van der Waals surface area contributed by atoms with Gasteiger partial charge >= 0.3 is 5.97 Å². The summed E-state index contributed by atoms with van der Waals surface area (Å²) in [6, 6.07) is 24.5. The highest BCUT2D eigenvalue weighted by atomic mass is 16.4. The zero-order chi connectivity index (χ0) is 19.1. The molecule has 28 heavy (non-hydrogen) atoms. The summed E-state index contributed by atoms with van der Waals surface area (Å²) in [6.45, 7) is 0. The number of carboxylic acid groups (broad SMARTS) is 1. The molecule has 0 spiro atoms. The van der Waals surface area contributed by atoms with Crippen molar-refractivity contribution in [3.63, 3.8) is 0 Å². The number of anilines is 1. The fourth-order valence-electron chi connectivity index (χ4n) is 4.64. The van der Waals surface area contributed by atoms with E-state index in [2.05, 4.69) is 59.9 Å². The van der Waals surface area contributed by atoms with E-state index in [0.29, 0.717) is 17.4 Å². The van der Waals surface area contributed by atoms with Crippen LogP contribution < -0.4 is 5.32 Å². The Bertz CT molecular complexity index is 1050. The molecule has 0 saturated carbocycles. The van der Waals surface area contributed by atoms with Gasteiger partial charge in [0, 0.05) is 17.2 Å². The first kappa shape index (κ1) is 16.8. The molecule has 3 atom stereocenters. The van der Waals surface area contributed by atoms with Crippen molar-refractivity contribution in [3.8, 4) is 11.1 Å². The Kier molecular flexibility index (Phi) is 4.01. The summed E-state index contributed by atoms with van der Waals surface area (Å²) in [5.41, 5.74) is 6.41. The van der Waals surface area contributed by atoms with Gasteiger partial charge in [-0.05, 0) is 41.2 Å². The molecule has 0 radical (unpaired) electrons. The van der Waals surface area contributed by atoms with E-state index in [-0.39, 0.29) is 6.04 Å². The number of hydrogen-bond acceptors (Lipinski definition) is 2. The van der Waals surface area contributed by atoms with Crippen molar-refractivity contribution in [3.05, 3.63) is 102 Å². The van der Waals surface area contributed by atoms with Crippen molar-refractivity contribution >= 4 is 11.7 Å². The van der Waals surface area contributed by atoms with Crippen LogP contribution in [-0.4, -0.2) is 11.1 Å². The van der Waals surface area contributed by atoms with Crippen LogP contribution in [0.2, 0.25) is 0 Å². The highest BCUT2D eigenvalue weighted by Crippen LogP contribution is 2.52. The van der Waals surface area contributed by atoms with E-state index in [4.69, 9.17) is 0 Å². The lowest BCUT2D eigenvalue weighted by Crippen LogP contribution is -2.29. The van der Waals surface area contributed by atoms with Gasteiger partial charge in [-0.1, -0.05) is 72.8 Å². The van der Waals surface area contributed by atoms with E-state index in [1.165, 1.54) is 22.4 Å². The second-order valence-electron chi connectivity index (χ2n) is 7.54. The van der Waals surface area contributed by atoms with Gasteiger partial charge in [-0.3, -0.25) is 0 Å². The van der Waals surface area contributed by atoms with E-state index in [9.17, 15) is 9.90 Å². The number of carboxylic acids is 1. The average Bonchev–Trinajstić information content (AvgIpc) is 3.24. The fraction of sp³-hybridized carbons (Fsp3) is 0.160. The van der Waals surface area contributed by atoms with Crippen molar-refractivity contribution in [2.75, 3.05) is 5.32 Å². The molecule has 138 valence electrons. The summed E-state index contributed by atoms with van der Waals surface area (Å²) in [4.78, 5) is 11.2. The van der Waals surface area contributed by atoms with Crippen LogP contribution >= 0.6 is 0 Å². The molecule has 2 aliphatic rings. The maximum absolute atomic E-state index is 11.2. The Morgan fingerprint density at radius 2 is 1.71 bits per heavy atom. The molecule has 0 aromatic heterocycles. The van der Waals surface area contributed by atoms with Crippen molar-refractivity contribution in [2.24, 2.45) is 5.92 Å². The third-order valence-corrected chi connectivity index (χ3v) is 6.00. The lowest BCUT2D eigenvalue weighted by atomic mass is 9.76. The lowest BCUT2D eigenvalue weighted by Gasteiger charge is -2.38. The number of fused-ring (bicyclic) bond motifs is 3.